The summed E-state index contributed by atoms with van der Waals surface area (Å²) >= 11 is 1.52. The number of anilines is 1. The Kier molecular flexibility index (Phi) is 5.64. The highest BCUT2D eigenvalue weighted by molar-refractivity contribution is 7.10. The molecule has 152 valence electrons. The van der Waals surface area contributed by atoms with Crippen LogP contribution < -0.4 is 4.90 Å². The molecule has 0 aliphatic carbocycles. The third-order valence-electron chi connectivity index (χ3n) is 5.05. The molecule has 0 bridgehead atoms. The van der Waals surface area contributed by atoms with E-state index in [9.17, 15) is 9.59 Å². The van der Waals surface area contributed by atoms with Gasteiger partial charge < -0.3 is 9.47 Å². The van der Waals surface area contributed by atoms with Crippen molar-refractivity contribution in [2.45, 2.75) is 19.4 Å². The molecule has 3 heterocycles. The van der Waals surface area contributed by atoms with Gasteiger partial charge in [0.25, 0.3) is 0 Å². The van der Waals surface area contributed by atoms with Crippen molar-refractivity contribution in [2.24, 2.45) is 5.92 Å². The molecule has 0 spiro atoms. The Labute approximate surface area is 172 Å². The second kappa shape index (κ2) is 8.34. The van der Waals surface area contributed by atoms with Crippen molar-refractivity contribution in [3.05, 3.63) is 46.7 Å². The van der Waals surface area contributed by atoms with E-state index in [0.717, 1.165) is 15.9 Å². The van der Waals surface area contributed by atoms with Crippen molar-refractivity contribution in [3.63, 3.8) is 0 Å². The Bertz CT molecular complexity index is 1010. The summed E-state index contributed by atoms with van der Waals surface area (Å²) in [4.78, 5) is 33.7. The van der Waals surface area contributed by atoms with Crippen molar-refractivity contribution >= 4 is 40.2 Å². The lowest BCUT2D eigenvalue weighted by atomic mass is 9.94. The predicted octanol–water partition coefficient (Wildman–Crippen LogP) is 3.25. The van der Waals surface area contributed by atoms with Gasteiger partial charge in [-0.25, -0.2) is 4.98 Å². The summed E-state index contributed by atoms with van der Waals surface area (Å²) in [5.41, 5.74) is 1.68. The quantitative estimate of drug-likeness (QED) is 0.338. The van der Waals surface area contributed by atoms with Crippen molar-refractivity contribution < 1.29 is 19.1 Å². The number of benzene rings is 1. The fourth-order valence-electron chi connectivity index (χ4n) is 3.84. The molecule has 0 unspecified atom stereocenters. The standard InChI is InChI=1S/C21H23N3O4S/c1-3-28-20(26)17-18(16-10-6-13-29-16)24-15-9-5-4-8-14(15)22-21(24)23(19(17)25)11-7-12-27-2/h4-6,8-10,13,17-18H,3,7,11-12H2,1-2H3/t17-,18+/m1/s1. The summed E-state index contributed by atoms with van der Waals surface area (Å²) in [5, 5.41) is 1.95. The van der Waals surface area contributed by atoms with E-state index in [-0.39, 0.29) is 12.5 Å². The fourth-order valence-corrected chi connectivity index (χ4v) is 4.69. The zero-order chi connectivity index (χ0) is 20.4. The molecule has 2 atom stereocenters. The van der Waals surface area contributed by atoms with E-state index in [1.165, 1.54) is 11.3 Å². The molecule has 1 aliphatic heterocycles. The van der Waals surface area contributed by atoms with Crippen molar-refractivity contribution in [1.82, 2.24) is 9.55 Å². The number of para-hydroxylation sites is 2. The highest BCUT2D eigenvalue weighted by atomic mass is 32.1. The Morgan fingerprint density at radius 1 is 1.24 bits per heavy atom. The molecule has 3 aromatic rings. The van der Waals surface area contributed by atoms with Gasteiger partial charge in [-0.2, -0.15) is 0 Å². The maximum atomic E-state index is 13.5. The minimum Gasteiger partial charge on any atom is -0.465 e. The SMILES string of the molecule is CCOC(=O)[C@H]1C(=O)N(CCCOC)c2nc3ccccc3n2[C@H]1c1cccs1. The van der Waals surface area contributed by atoms with Gasteiger partial charge in [0.15, 0.2) is 5.92 Å². The Morgan fingerprint density at radius 3 is 2.79 bits per heavy atom. The van der Waals surface area contributed by atoms with E-state index in [1.807, 2.05) is 46.3 Å². The second-order valence-corrected chi connectivity index (χ2v) is 7.78. The highest BCUT2D eigenvalue weighted by Crippen LogP contribution is 2.42. The predicted molar refractivity (Wildman–Crippen MR) is 111 cm³/mol. The number of fused-ring (bicyclic) bond motifs is 3. The number of aromatic nitrogens is 2. The van der Waals surface area contributed by atoms with Gasteiger partial charge in [0.1, 0.15) is 0 Å². The van der Waals surface area contributed by atoms with E-state index >= 15 is 0 Å². The van der Waals surface area contributed by atoms with Crippen molar-refractivity contribution in [3.8, 4) is 0 Å². The summed E-state index contributed by atoms with van der Waals surface area (Å²) in [6.07, 6.45) is 0.644. The van der Waals surface area contributed by atoms with Crippen LogP contribution >= 0.6 is 11.3 Å². The van der Waals surface area contributed by atoms with Crippen LogP contribution in [0.1, 0.15) is 24.3 Å². The maximum Gasteiger partial charge on any atom is 0.321 e. The second-order valence-electron chi connectivity index (χ2n) is 6.80. The first-order valence-corrected chi connectivity index (χ1v) is 10.5. The van der Waals surface area contributed by atoms with Gasteiger partial charge in [0.05, 0.1) is 23.7 Å². The molecule has 1 aromatic carbocycles. The number of hydrogen-bond donors (Lipinski definition) is 0. The lowest BCUT2D eigenvalue weighted by molar-refractivity contribution is -0.153. The number of methoxy groups -OCH3 is 1. The molecule has 0 N–H and O–H groups in total. The molecule has 2 aromatic heterocycles. The highest BCUT2D eigenvalue weighted by Gasteiger charge is 2.48. The molecule has 1 amide bonds. The topological polar surface area (TPSA) is 73.7 Å². The third-order valence-corrected chi connectivity index (χ3v) is 5.99. The van der Waals surface area contributed by atoms with Crippen LogP contribution in [-0.2, 0) is 19.1 Å². The molecule has 7 nitrogen and oxygen atoms in total. The number of nitrogens with zero attached hydrogens (tertiary/aromatic N) is 3. The van der Waals surface area contributed by atoms with Crippen molar-refractivity contribution in [1.29, 1.82) is 0 Å². The first kappa shape index (κ1) is 19.6. The van der Waals surface area contributed by atoms with Gasteiger partial charge in [-0.15, -0.1) is 11.3 Å². The third kappa shape index (κ3) is 3.42. The lowest BCUT2D eigenvalue weighted by Gasteiger charge is -2.37. The van der Waals surface area contributed by atoms with Crippen LogP contribution in [0.5, 0.6) is 0 Å². The number of esters is 1. The number of imidazole rings is 1. The first-order valence-electron chi connectivity index (χ1n) is 9.64. The van der Waals surface area contributed by atoms with Gasteiger partial charge in [-0.1, -0.05) is 18.2 Å². The molecule has 4 rings (SSSR count). The first-order chi connectivity index (χ1) is 14.2. The molecule has 29 heavy (non-hydrogen) atoms. The summed E-state index contributed by atoms with van der Waals surface area (Å²) < 4.78 is 12.5. The number of rotatable bonds is 7. The van der Waals surface area contributed by atoms with Gasteiger partial charge >= 0.3 is 5.97 Å². The number of ether oxygens (including phenoxy) is 2. The number of carbonyl (C=O) groups is 2. The minimum absolute atomic E-state index is 0.223. The zero-order valence-corrected chi connectivity index (χ0v) is 17.2. The fraction of sp³-hybridized carbons (Fsp3) is 0.381. The molecule has 0 saturated heterocycles. The molecule has 0 radical (unpaired) electrons. The van der Waals surface area contributed by atoms with Gasteiger partial charge in [-0.05, 0) is 36.9 Å². The Balaban J connectivity index is 1.91. The maximum absolute atomic E-state index is 13.5. The van der Waals surface area contributed by atoms with Gasteiger partial charge in [-0.3, -0.25) is 19.1 Å². The van der Waals surface area contributed by atoms with Crippen molar-refractivity contribution in [2.75, 3.05) is 31.8 Å². The molecular formula is C21H23N3O4S. The van der Waals surface area contributed by atoms with Crippen LogP contribution in [-0.4, -0.2) is 48.3 Å². The van der Waals surface area contributed by atoms with E-state index in [4.69, 9.17) is 14.5 Å². The van der Waals surface area contributed by atoms with Crippen LogP contribution in [0.4, 0.5) is 5.95 Å². The zero-order valence-electron chi connectivity index (χ0n) is 16.4. The molecule has 0 fully saturated rings. The molecular weight excluding hydrogens is 390 g/mol. The summed E-state index contributed by atoms with van der Waals surface area (Å²) in [7, 11) is 1.63. The van der Waals surface area contributed by atoms with E-state index in [0.29, 0.717) is 25.5 Å². The number of carbonyl (C=O) groups excluding carboxylic acids is 2. The van der Waals surface area contributed by atoms with Crippen LogP contribution in [0, 0.1) is 5.92 Å². The van der Waals surface area contributed by atoms with E-state index in [1.54, 1.807) is 18.9 Å². The summed E-state index contributed by atoms with van der Waals surface area (Å²) in [6, 6.07) is 11.1. The average molecular weight is 413 g/mol. The van der Waals surface area contributed by atoms with Crippen LogP contribution in [0.25, 0.3) is 11.0 Å². The number of hydrogen-bond acceptors (Lipinski definition) is 6. The smallest absolute Gasteiger partial charge is 0.321 e. The number of thiophene rings is 1. The average Bonchev–Trinajstić information content (AvgIpc) is 3.37. The lowest BCUT2D eigenvalue weighted by Crippen LogP contribution is -2.50. The van der Waals surface area contributed by atoms with Gasteiger partial charge in [0.2, 0.25) is 11.9 Å². The van der Waals surface area contributed by atoms with Crippen LogP contribution in [0.15, 0.2) is 41.8 Å². The monoisotopic (exact) mass is 413 g/mol. The molecule has 0 saturated carbocycles. The normalized spacial score (nSPS) is 18.8. The van der Waals surface area contributed by atoms with E-state index < -0.39 is 17.9 Å². The van der Waals surface area contributed by atoms with E-state index in [2.05, 4.69) is 0 Å². The largest absolute Gasteiger partial charge is 0.465 e. The van der Waals surface area contributed by atoms with Crippen LogP contribution in [0.2, 0.25) is 0 Å². The summed E-state index contributed by atoms with van der Waals surface area (Å²) in [5.74, 6) is -1.18. The summed E-state index contributed by atoms with van der Waals surface area (Å²) in [6.45, 7) is 2.91. The van der Waals surface area contributed by atoms with Crippen LogP contribution in [0.3, 0.4) is 0 Å². The molecule has 1 aliphatic rings. The Morgan fingerprint density at radius 2 is 2.07 bits per heavy atom. The van der Waals surface area contributed by atoms with Gasteiger partial charge in [0, 0.05) is 25.1 Å². The molecule has 8 heteroatoms. The minimum atomic E-state index is -0.957. The Hall–Kier alpha value is -2.71. The number of amides is 1.